The molecule has 2 N–H and O–H groups in total. The molecule has 3 amide bonds. The standard InChI is InChI=1S/C23H23FN4O4/c1-27-19(21(30)26-12-16-4-2-3-10-25-16)17-9-11-28(13-14-5-7-15(24)8-6-14)22(31)18(17)20(29)23(27)32/h2-8,10,17,19,29H,9,11-13H2,1H3,(H,26,30). The molecule has 0 bridgehead atoms. The molecule has 1 aromatic heterocycles. The number of amides is 3. The van der Waals surface area contributed by atoms with Gasteiger partial charge in [0.2, 0.25) is 5.91 Å². The van der Waals surface area contributed by atoms with Gasteiger partial charge >= 0.3 is 0 Å². The van der Waals surface area contributed by atoms with Crippen LogP contribution in [0.1, 0.15) is 17.7 Å². The van der Waals surface area contributed by atoms with Crippen molar-refractivity contribution >= 4 is 17.7 Å². The number of rotatable bonds is 5. The maximum atomic E-state index is 13.2. The summed E-state index contributed by atoms with van der Waals surface area (Å²) in [5.74, 6) is -3.31. The van der Waals surface area contributed by atoms with Gasteiger partial charge in [-0.05, 0) is 36.2 Å². The smallest absolute Gasteiger partial charge is 0.289 e. The van der Waals surface area contributed by atoms with Crippen molar-refractivity contribution in [2.75, 3.05) is 13.6 Å². The Morgan fingerprint density at radius 2 is 1.94 bits per heavy atom. The van der Waals surface area contributed by atoms with E-state index < -0.39 is 35.4 Å². The van der Waals surface area contributed by atoms with Crippen molar-refractivity contribution < 1.29 is 23.9 Å². The number of benzene rings is 1. The van der Waals surface area contributed by atoms with Gasteiger partial charge in [-0.15, -0.1) is 0 Å². The number of aromatic nitrogens is 1. The average molecular weight is 438 g/mol. The molecule has 1 saturated heterocycles. The zero-order valence-electron chi connectivity index (χ0n) is 17.5. The number of piperidine rings is 1. The highest BCUT2D eigenvalue weighted by atomic mass is 19.1. The minimum Gasteiger partial charge on any atom is -0.503 e. The van der Waals surface area contributed by atoms with Crippen LogP contribution < -0.4 is 5.32 Å². The number of nitrogens with one attached hydrogen (secondary N) is 1. The van der Waals surface area contributed by atoms with Crippen LogP contribution in [0, 0.1) is 11.7 Å². The molecule has 0 radical (unpaired) electrons. The summed E-state index contributed by atoms with van der Waals surface area (Å²) in [4.78, 5) is 45.6. The fourth-order valence-corrected chi connectivity index (χ4v) is 4.25. The molecule has 0 spiro atoms. The Bertz CT molecular complexity index is 1070. The third-order valence-electron chi connectivity index (χ3n) is 5.90. The number of fused-ring (bicyclic) bond motifs is 1. The zero-order chi connectivity index (χ0) is 22.8. The van der Waals surface area contributed by atoms with E-state index in [1.165, 1.54) is 29.0 Å². The van der Waals surface area contributed by atoms with Gasteiger partial charge in [0.25, 0.3) is 11.8 Å². The molecule has 32 heavy (non-hydrogen) atoms. The lowest BCUT2D eigenvalue weighted by Crippen LogP contribution is -2.59. The van der Waals surface area contributed by atoms with Crippen molar-refractivity contribution in [3.8, 4) is 0 Å². The number of carbonyl (C=O) groups excluding carboxylic acids is 3. The highest BCUT2D eigenvalue weighted by Gasteiger charge is 2.49. The van der Waals surface area contributed by atoms with E-state index >= 15 is 0 Å². The molecule has 2 aliphatic rings. The van der Waals surface area contributed by atoms with Crippen LogP contribution in [0.5, 0.6) is 0 Å². The third-order valence-corrected chi connectivity index (χ3v) is 5.90. The number of likely N-dealkylation sites (tertiary alicyclic amines) is 1. The van der Waals surface area contributed by atoms with E-state index in [1.54, 1.807) is 36.5 Å². The van der Waals surface area contributed by atoms with Gasteiger partial charge in [-0.1, -0.05) is 18.2 Å². The maximum absolute atomic E-state index is 13.2. The van der Waals surface area contributed by atoms with Crippen molar-refractivity contribution in [1.29, 1.82) is 0 Å². The Morgan fingerprint density at radius 1 is 1.19 bits per heavy atom. The summed E-state index contributed by atoms with van der Waals surface area (Å²) in [5.41, 5.74) is 1.34. The average Bonchev–Trinajstić information content (AvgIpc) is 2.80. The van der Waals surface area contributed by atoms with Crippen molar-refractivity contribution in [3.05, 3.63) is 77.1 Å². The minimum atomic E-state index is -0.922. The van der Waals surface area contributed by atoms with Crippen molar-refractivity contribution in [2.45, 2.75) is 25.6 Å². The highest BCUT2D eigenvalue weighted by molar-refractivity contribution is 6.07. The second-order valence-electron chi connectivity index (χ2n) is 7.91. The normalized spacial score (nSPS) is 20.9. The summed E-state index contributed by atoms with van der Waals surface area (Å²) in [7, 11) is 1.44. The minimum absolute atomic E-state index is 0.0422. The number of hydrogen-bond acceptors (Lipinski definition) is 5. The summed E-state index contributed by atoms with van der Waals surface area (Å²) in [5, 5.41) is 13.3. The Morgan fingerprint density at radius 3 is 2.62 bits per heavy atom. The van der Waals surface area contributed by atoms with E-state index in [2.05, 4.69) is 10.3 Å². The van der Waals surface area contributed by atoms with E-state index in [0.717, 1.165) is 5.56 Å². The number of aliphatic hydroxyl groups excluding tert-OH is 1. The number of aliphatic hydroxyl groups is 1. The number of hydrogen-bond donors (Lipinski definition) is 2. The van der Waals surface area contributed by atoms with Crippen LogP contribution in [-0.2, 0) is 27.5 Å². The molecular weight excluding hydrogens is 415 g/mol. The van der Waals surface area contributed by atoms with E-state index in [0.29, 0.717) is 18.7 Å². The first-order valence-corrected chi connectivity index (χ1v) is 10.3. The van der Waals surface area contributed by atoms with Crippen LogP contribution in [0.2, 0.25) is 0 Å². The van der Waals surface area contributed by atoms with Gasteiger partial charge in [-0.2, -0.15) is 0 Å². The molecule has 2 aromatic rings. The topological polar surface area (TPSA) is 103 Å². The van der Waals surface area contributed by atoms with Crippen LogP contribution in [0.15, 0.2) is 60.0 Å². The van der Waals surface area contributed by atoms with E-state index in [-0.39, 0.29) is 24.5 Å². The molecule has 1 aromatic carbocycles. The molecule has 9 heteroatoms. The van der Waals surface area contributed by atoms with Crippen molar-refractivity contribution in [1.82, 2.24) is 20.1 Å². The van der Waals surface area contributed by atoms with Crippen LogP contribution in [0.25, 0.3) is 0 Å². The fourth-order valence-electron chi connectivity index (χ4n) is 4.25. The molecule has 2 unspecified atom stereocenters. The van der Waals surface area contributed by atoms with Gasteiger partial charge in [0.15, 0.2) is 5.76 Å². The van der Waals surface area contributed by atoms with Crippen LogP contribution in [0.3, 0.4) is 0 Å². The van der Waals surface area contributed by atoms with E-state index in [4.69, 9.17) is 0 Å². The Labute approximate surface area is 184 Å². The maximum Gasteiger partial charge on any atom is 0.289 e. The molecule has 2 atom stereocenters. The van der Waals surface area contributed by atoms with Gasteiger partial charge in [0.05, 0.1) is 17.8 Å². The predicted molar refractivity (Wildman–Crippen MR) is 112 cm³/mol. The lowest BCUT2D eigenvalue weighted by atomic mass is 9.79. The summed E-state index contributed by atoms with van der Waals surface area (Å²) in [6, 6.07) is 10.2. The highest BCUT2D eigenvalue weighted by Crippen LogP contribution is 2.36. The van der Waals surface area contributed by atoms with Crippen molar-refractivity contribution in [3.63, 3.8) is 0 Å². The van der Waals surface area contributed by atoms with Gasteiger partial charge in [0, 0.05) is 32.3 Å². The summed E-state index contributed by atoms with van der Waals surface area (Å²) >= 11 is 0. The Balaban J connectivity index is 1.54. The van der Waals surface area contributed by atoms with Gasteiger partial charge in [-0.3, -0.25) is 19.4 Å². The van der Waals surface area contributed by atoms with Crippen LogP contribution in [-0.4, -0.2) is 57.2 Å². The zero-order valence-corrected chi connectivity index (χ0v) is 17.5. The molecule has 8 nitrogen and oxygen atoms in total. The van der Waals surface area contributed by atoms with Gasteiger partial charge < -0.3 is 20.2 Å². The molecule has 166 valence electrons. The molecular formula is C23H23FN4O4. The molecule has 0 saturated carbocycles. The molecule has 4 rings (SSSR count). The summed E-state index contributed by atoms with van der Waals surface area (Å²) < 4.78 is 13.2. The lowest BCUT2D eigenvalue weighted by molar-refractivity contribution is -0.145. The molecule has 1 fully saturated rings. The second kappa shape index (κ2) is 8.78. The fraction of sp³-hybridized carbons (Fsp3) is 0.304. The number of nitrogens with zero attached hydrogens (tertiary/aromatic N) is 3. The SMILES string of the molecule is CN1C(=O)C(O)=C2C(=O)N(Cc3ccc(F)cc3)CCC2C1C(=O)NCc1ccccn1. The van der Waals surface area contributed by atoms with E-state index in [1.807, 2.05) is 0 Å². The van der Waals surface area contributed by atoms with Gasteiger partial charge in [0.1, 0.15) is 11.9 Å². The predicted octanol–water partition coefficient (Wildman–Crippen LogP) is 1.54. The molecule has 2 aliphatic heterocycles. The number of halogens is 1. The quantitative estimate of drug-likeness (QED) is 0.737. The third kappa shape index (κ3) is 4.05. The van der Waals surface area contributed by atoms with Gasteiger partial charge in [-0.25, -0.2) is 4.39 Å². The first-order chi connectivity index (χ1) is 15.4. The largest absolute Gasteiger partial charge is 0.503 e. The summed E-state index contributed by atoms with van der Waals surface area (Å²) in [6.45, 7) is 0.730. The van der Waals surface area contributed by atoms with Crippen molar-refractivity contribution in [2.24, 2.45) is 5.92 Å². The molecule has 0 aliphatic carbocycles. The monoisotopic (exact) mass is 438 g/mol. The number of likely N-dealkylation sites (N-methyl/N-ethyl adjacent to an activating group) is 1. The first kappa shape index (κ1) is 21.5. The summed E-state index contributed by atoms with van der Waals surface area (Å²) in [6.07, 6.45) is 2.01. The number of carbonyl (C=O) groups is 3. The Hall–Kier alpha value is -3.75. The second-order valence-corrected chi connectivity index (χ2v) is 7.91. The van der Waals surface area contributed by atoms with Crippen LogP contribution in [0.4, 0.5) is 4.39 Å². The van der Waals surface area contributed by atoms with E-state index in [9.17, 15) is 23.9 Å². The molecule has 3 heterocycles. The number of pyridine rings is 1. The van der Waals surface area contributed by atoms with Crippen LogP contribution >= 0.6 is 0 Å². The first-order valence-electron chi connectivity index (χ1n) is 10.3. The Kier molecular flexibility index (Phi) is 5.89. The lowest BCUT2D eigenvalue weighted by Gasteiger charge is -2.43.